The minimum atomic E-state index is -0.173. The molecule has 0 radical (unpaired) electrons. The lowest BCUT2D eigenvalue weighted by molar-refractivity contribution is 0.102. The highest BCUT2D eigenvalue weighted by Gasteiger charge is 2.06. The van der Waals surface area contributed by atoms with Crippen molar-refractivity contribution < 1.29 is 4.79 Å². The molecule has 5 nitrogen and oxygen atoms in total. The van der Waals surface area contributed by atoms with Gasteiger partial charge in [-0.1, -0.05) is 12.1 Å². The minimum Gasteiger partial charge on any atom is -0.366 e. The van der Waals surface area contributed by atoms with Gasteiger partial charge in [0, 0.05) is 35.3 Å². The van der Waals surface area contributed by atoms with Gasteiger partial charge in [0.2, 0.25) is 0 Å². The van der Waals surface area contributed by atoms with Crippen LogP contribution >= 0.6 is 15.9 Å². The Morgan fingerprint density at radius 2 is 1.96 bits per heavy atom. The van der Waals surface area contributed by atoms with E-state index >= 15 is 0 Å². The van der Waals surface area contributed by atoms with Crippen molar-refractivity contribution in [3.63, 3.8) is 0 Å². The number of benzene rings is 1. The Balaban J connectivity index is 1.59. The van der Waals surface area contributed by atoms with Gasteiger partial charge >= 0.3 is 0 Å². The zero-order valence-corrected chi connectivity index (χ0v) is 15.2. The summed E-state index contributed by atoms with van der Waals surface area (Å²) in [5, 5.41) is 6.17. The first-order valence-corrected chi connectivity index (χ1v) is 8.57. The lowest BCUT2D eigenvalue weighted by Gasteiger charge is -2.10. The molecule has 2 aromatic heterocycles. The first-order valence-electron chi connectivity index (χ1n) is 7.78. The van der Waals surface area contributed by atoms with E-state index in [-0.39, 0.29) is 5.91 Å². The summed E-state index contributed by atoms with van der Waals surface area (Å²) >= 11 is 3.41. The molecule has 0 bridgehead atoms. The number of hydrogen-bond donors (Lipinski definition) is 2. The summed E-state index contributed by atoms with van der Waals surface area (Å²) in [4.78, 5) is 20.4. The number of hydrogen-bond acceptors (Lipinski definition) is 4. The molecule has 25 heavy (non-hydrogen) atoms. The Morgan fingerprint density at radius 1 is 1.16 bits per heavy atom. The topological polar surface area (TPSA) is 66.9 Å². The van der Waals surface area contributed by atoms with E-state index in [9.17, 15) is 4.79 Å². The molecular weight excluding hydrogens is 380 g/mol. The summed E-state index contributed by atoms with van der Waals surface area (Å²) in [6.07, 6.45) is 4.95. The van der Waals surface area contributed by atoms with E-state index in [2.05, 4.69) is 36.5 Å². The van der Waals surface area contributed by atoms with Gasteiger partial charge in [-0.25, -0.2) is 4.98 Å². The molecule has 0 unspecified atom stereocenters. The third-order valence-corrected chi connectivity index (χ3v) is 4.07. The number of carbonyl (C=O) groups excluding carboxylic acids is 1. The van der Waals surface area contributed by atoms with Crippen LogP contribution in [0.1, 0.15) is 21.5 Å². The second kappa shape index (κ2) is 7.90. The summed E-state index contributed by atoms with van der Waals surface area (Å²) in [5.41, 5.74) is 3.46. The fourth-order valence-corrected chi connectivity index (χ4v) is 2.76. The second-order valence-electron chi connectivity index (χ2n) is 5.57. The molecule has 3 aromatic rings. The number of pyridine rings is 2. The van der Waals surface area contributed by atoms with E-state index in [0.29, 0.717) is 12.1 Å². The fraction of sp³-hybridized carbons (Fsp3) is 0.105. The number of anilines is 2. The number of nitrogens with zero attached hydrogens (tertiary/aromatic N) is 2. The van der Waals surface area contributed by atoms with Crippen LogP contribution in [-0.4, -0.2) is 15.9 Å². The molecular formula is C19H17BrN4O. The Kier molecular flexibility index (Phi) is 5.40. The molecule has 1 aromatic carbocycles. The molecule has 2 N–H and O–H groups in total. The third kappa shape index (κ3) is 4.64. The Bertz CT molecular complexity index is 866. The molecule has 1 amide bonds. The number of aromatic nitrogens is 2. The summed E-state index contributed by atoms with van der Waals surface area (Å²) < 4.78 is 0.962. The second-order valence-corrected chi connectivity index (χ2v) is 6.48. The first-order chi connectivity index (χ1) is 12.1. The predicted molar refractivity (Wildman–Crippen MR) is 103 cm³/mol. The van der Waals surface area contributed by atoms with Gasteiger partial charge in [-0.15, -0.1) is 0 Å². The van der Waals surface area contributed by atoms with Crippen LogP contribution in [0.15, 0.2) is 65.5 Å². The summed E-state index contributed by atoms with van der Waals surface area (Å²) in [7, 11) is 0. The van der Waals surface area contributed by atoms with E-state index in [1.54, 1.807) is 30.7 Å². The van der Waals surface area contributed by atoms with Crippen LogP contribution < -0.4 is 10.6 Å². The number of amides is 1. The van der Waals surface area contributed by atoms with Crippen LogP contribution in [0.4, 0.5) is 11.5 Å². The summed E-state index contributed by atoms with van der Waals surface area (Å²) in [6, 6.07) is 13.2. The van der Waals surface area contributed by atoms with Crippen molar-refractivity contribution in [1.82, 2.24) is 9.97 Å². The van der Waals surface area contributed by atoms with E-state index in [1.165, 1.54) is 0 Å². The zero-order chi connectivity index (χ0) is 17.6. The first kappa shape index (κ1) is 17.1. The highest BCUT2D eigenvalue weighted by molar-refractivity contribution is 9.10. The smallest absolute Gasteiger partial charge is 0.257 e. The molecule has 0 aliphatic rings. The monoisotopic (exact) mass is 396 g/mol. The van der Waals surface area contributed by atoms with E-state index in [0.717, 1.165) is 27.1 Å². The number of rotatable bonds is 5. The molecule has 0 atom stereocenters. The maximum atomic E-state index is 12.1. The van der Waals surface area contributed by atoms with Crippen LogP contribution in [0.3, 0.4) is 0 Å². The molecule has 0 aliphatic heterocycles. The Labute approximate surface area is 154 Å². The maximum absolute atomic E-state index is 12.1. The standard InChI is InChI=1S/C19H17BrN4O/c1-13-9-16(20)12-23-18(13)22-10-14-4-6-17(7-5-14)24-19(25)15-3-2-8-21-11-15/h2-9,11-12H,10H2,1H3,(H,22,23)(H,24,25). The molecule has 0 aliphatic carbocycles. The maximum Gasteiger partial charge on any atom is 0.257 e. The average molecular weight is 397 g/mol. The Hall–Kier alpha value is -2.73. The van der Waals surface area contributed by atoms with Crippen LogP contribution in [0.5, 0.6) is 0 Å². The van der Waals surface area contributed by atoms with Crippen molar-refractivity contribution in [3.05, 3.63) is 82.2 Å². The molecule has 0 saturated heterocycles. The average Bonchev–Trinajstić information content (AvgIpc) is 2.63. The van der Waals surface area contributed by atoms with Gasteiger partial charge in [-0.2, -0.15) is 0 Å². The number of nitrogens with one attached hydrogen (secondary N) is 2. The molecule has 3 rings (SSSR count). The van der Waals surface area contributed by atoms with Gasteiger partial charge in [-0.05, 0) is 64.3 Å². The molecule has 126 valence electrons. The Morgan fingerprint density at radius 3 is 2.64 bits per heavy atom. The van der Waals surface area contributed by atoms with E-state index in [4.69, 9.17) is 0 Å². The van der Waals surface area contributed by atoms with Gasteiger partial charge in [-0.3, -0.25) is 9.78 Å². The van der Waals surface area contributed by atoms with Crippen LogP contribution in [-0.2, 0) is 6.54 Å². The van der Waals surface area contributed by atoms with Crippen molar-refractivity contribution >= 4 is 33.3 Å². The van der Waals surface area contributed by atoms with Crippen LogP contribution in [0.25, 0.3) is 0 Å². The zero-order valence-electron chi connectivity index (χ0n) is 13.7. The van der Waals surface area contributed by atoms with Crippen LogP contribution in [0.2, 0.25) is 0 Å². The number of halogens is 1. The van der Waals surface area contributed by atoms with E-state index in [1.807, 2.05) is 37.3 Å². The van der Waals surface area contributed by atoms with Crippen molar-refractivity contribution in [2.24, 2.45) is 0 Å². The SMILES string of the molecule is Cc1cc(Br)cnc1NCc1ccc(NC(=O)c2cccnc2)cc1. The molecule has 0 spiro atoms. The largest absolute Gasteiger partial charge is 0.366 e. The molecule has 0 fully saturated rings. The van der Waals surface area contributed by atoms with Gasteiger partial charge < -0.3 is 10.6 Å². The summed E-state index contributed by atoms with van der Waals surface area (Å²) in [5.74, 6) is 0.686. The summed E-state index contributed by atoms with van der Waals surface area (Å²) in [6.45, 7) is 2.67. The number of aryl methyl sites for hydroxylation is 1. The third-order valence-electron chi connectivity index (χ3n) is 3.64. The fourth-order valence-electron chi connectivity index (χ4n) is 2.32. The predicted octanol–water partition coefficient (Wildman–Crippen LogP) is 4.41. The van der Waals surface area contributed by atoms with Crippen molar-refractivity contribution in [2.75, 3.05) is 10.6 Å². The van der Waals surface area contributed by atoms with Gasteiger partial charge in [0.05, 0.1) is 5.56 Å². The van der Waals surface area contributed by atoms with Crippen molar-refractivity contribution in [1.29, 1.82) is 0 Å². The highest BCUT2D eigenvalue weighted by Crippen LogP contribution is 2.18. The normalized spacial score (nSPS) is 10.3. The lowest BCUT2D eigenvalue weighted by Crippen LogP contribution is -2.12. The van der Waals surface area contributed by atoms with Gasteiger partial charge in [0.1, 0.15) is 5.82 Å². The lowest BCUT2D eigenvalue weighted by atomic mass is 10.2. The quantitative estimate of drug-likeness (QED) is 0.669. The molecule has 6 heteroatoms. The van der Waals surface area contributed by atoms with E-state index < -0.39 is 0 Å². The molecule has 2 heterocycles. The van der Waals surface area contributed by atoms with Crippen molar-refractivity contribution in [2.45, 2.75) is 13.5 Å². The number of carbonyl (C=O) groups is 1. The van der Waals surface area contributed by atoms with Gasteiger partial charge in [0.25, 0.3) is 5.91 Å². The van der Waals surface area contributed by atoms with Crippen LogP contribution in [0, 0.1) is 6.92 Å². The highest BCUT2D eigenvalue weighted by atomic mass is 79.9. The minimum absolute atomic E-state index is 0.173. The molecule has 0 saturated carbocycles. The van der Waals surface area contributed by atoms with Crippen molar-refractivity contribution in [3.8, 4) is 0 Å². The van der Waals surface area contributed by atoms with Gasteiger partial charge in [0.15, 0.2) is 0 Å².